The fourth-order valence-corrected chi connectivity index (χ4v) is 3.95. The number of carbonyl (C=O) groups is 2. The van der Waals surface area contributed by atoms with Gasteiger partial charge in [-0.1, -0.05) is 43.5 Å². The number of thioether (sulfide) groups is 1. The van der Waals surface area contributed by atoms with Gasteiger partial charge in [0.25, 0.3) is 5.91 Å². The summed E-state index contributed by atoms with van der Waals surface area (Å²) in [5, 5.41) is 9.86. The van der Waals surface area contributed by atoms with Gasteiger partial charge in [0, 0.05) is 0 Å². The summed E-state index contributed by atoms with van der Waals surface area (Å²) in [6.07, 6.45) is 0.508. The molecule has 0 saturated carbocycles. The number of fused-ring (bicyclic) bond motifs is 1. The molecule has 1 aromatic carbocycles. The second kappa shape index (κ2) is 6.68. The summed E-state index contributed by atoms with van der Waals surface area (Å²) in [4.78, 5) is 29.6. The molecule has 0 aromatic heterocycles. The number of carboxylic acids is 1. The van der Waals surface area contributed by atoms with Crippen LogP contribution < -0.4 is 4.74 Å². The number of nitrogens with zero attached hydrogens (tertiary/aromatic N) is 2. The molecule has 1 saturated heterocycles. The first-order chi connectivity index (χ1) is 11.5. The van der Waals surface area contributed by atoms with Crippen molar-refractivity contribution < 1.29 is 19.4 Å². The standard InChI is InChI=1S/C17H18N2O4S/c1-3-10(2)14(17(21)22)19-15(20)13-16(19)24-12(18-13)9-23-11-7-5-4-6-8-11/h4-8,13-14,16H,2-3,9H2,1H3,(H,21,22). The van der Waals surface area contributed by atoms with Crippen LogP contribution >= 0.6 is 11.8 Å². The van der Waals surface area contributed by atoms with Crippen LogP contribution in [0.15, 0.2) is 47.5 Å². The van der Waals surface area contributed by atoms with E-state index in [1.54, 1.807) is 0 Å². The van der Waals surface area contributed by atoms with Crippen LogP contribution in [-0.2, 0) is 9.59 Å². The van der Waals surface area contributed by atoms with Gasteiger partial charge in [0.2, 0.25) is 0 Å². The Balaban J connectivity index is 1.65. The van der Waals surface area contributed by atoms with Crippen LogP contribution in [0.5, 0.6) is 5.75 Å². The van der Waals surface area contributed by atoms with Gasteiger partial charge in [-0.15, -0.1) is 0 Å². The summed E-state index contributed by atoms with van der Waals surface area (Å²) < 4.78 is 5.65. The van der Waals surface area contributed by atoms with Crippen LogP contribution in [0, 0.1) is 0 Å². The van der Waals surface area contributed by atoms with E-state index in [1.807, 2.05) is 37.3 Å². The lowest BCUT2D eigenvalue weighted by atomic mass is 9.98. The fourth-order valence-electron chi connectivity index (χ4n) is 2.73. The first kappa shape index (κ1) is 16.6. The third-order valence-electron chi connectivity index (χ3n) is 4.05. The van der Waals surface area contributed by atoms with Crippen LogP contribution in [0.3, 0.4) is 0 Å². The molecule has 6 nitrogen and oxygen atoms in total. The highest BCUT2D eigenvalue weighted by molar-refractivity contribution is 8.15. The Hall–Kier alpha value is -2.28. The molecule has 3 unspecified atom stereocenters. The van der Waals surface area contributed by atoms with Gasteiger partial charge in [-0.25, -0.2) is 4.79 Å². The van der Waals surface area contributed by atoms with Crippen molar-refractivity contribution in [3.63, 3.8) is 0 Å². The van der Waals surface area contributed by atoms with Crippen molar-refractivity contribution in [1.29, 1.82) is 0 Å². The summed E-state index contributed by atoms with van der Waals surface area (Å²) >= 11 is 1.39. The average molecular weight is 346 g/mol. The van der Waals surface area contributed by atoms with Gasteiger partial charge >= 0.3 is 5.97 Å². The van der Waals surface area contributed by atoms with Crippen LogP contribution in [-0.4, -0.2) is 51.0 Å². The second-order valence-corrected chi connectivity index (χ2v) is 6.77. The number of ether oxygens (including phenoxy) is 1. The van der Waals surface area contributed by atoms with E-state index in [4.69, 9.17) is 4.74 Å². The van der Waals surface area contributed by atoms with Gasteiger partial charge < -0.3 is 14.7 Å². The summed E-state index contributed by atoms with van der Waals surface area (Å²) in [5.74, 6) is -0.585. The molecular weight excluding hydrogens is 328 g/mol. The van der Waals surface area contributed by atoms with Gasteiger partial charge in [-0.2, -0.15) is 0 Å². The highest BCUT2D eigenvalue weighted by Crippen LogP contribution is 2.41. The average Bonchev–Trinajstić information content (AvgIpc) is 2.97. The SMILES string of the molecule is C=C(CC)C(C(=O)O)N1C(=O)C2N=C(COc3ccccc3)SC21. The van der Waals surface area contributed by atoms with Crippen molar-refractivity contribution >= 4 is 28.7 Å². The van der Waals surface area contributed by atoms with Crippen molar-refractivity contribution in [3.05, 3.63) is 42.5 Å². The summed E-state index contributed by atoms with van der Waals surface area (Å²) in [5.41, 5.74) is 0.517. The van der Waals surface area contributed by atoms with Gasteiger partial charge in [-0.05, 0) is 24.1 Å². The van der Waals surface area contributed by atoms with Crippen molar-refractivity contribution in [1.82, 2.24) is 4.90 Å². The van der Waals surface area contributed by atoms with E-state index < -0.39 is 18.1 Å². The lowest BCUT2D eigenvalue weighted by Crippen LogP contribution is -2.66. The minimum atomic E-state index is -1.05. The van der Waals surface area contributed by atoms with Gasteiger partial charge in [0.1, 0.15) is 22.8 Å². The van der Waals surface area contributed by atoms with E-state index in [9.17, 15) is 14.7 Å². The van der Waals surface area contributed by atoms with Gasteiger partial charge in [-0.3, -0.25) is 9.79 Å². The Morgan fingerprint density at radius 1 is 1.46 bits per heavy atom. The molecule has 3 atom stereocenters. The first-order valence-electron chi connectivity index (χ1n) is 7.66. The van der Waals surface area contributed by atoms with E-state index in [0.29, 0.717) is 17.0 Å². The zero-order valence-electron chi connectivity index (χ0n) is 13.2. The third-order valence-corrected chi connectivity index (χ3v) is 5.27. The predicted octanol–water partition coefficient (Wildman–Crippen LogP) is 2.17. The van der Waals surface area contributed by atoms with E-state index in [1.165, 1.54) is 16.7 Å². The monoisotopic (exact) mass is 346 g/mol. The number of hydrogen-bond donors (Lipinski definition) is 1. The van der Waals surface area contributed by atoms with E-state index in [2.05, 4.69) is 11.6 Å². The number of amides is 1. The maximum Gasteiger partial charge on any atom is 0.330 e. The molecule has 2 aliphatic heterocycles. The Bertz CT molecular complexity index is 704. The highest BCUT2D eigenvalue weighted by Gasteiger charge is 2.56. The molecule has 0 aliphatic carbocycles. The molecule has 2 aliphatic rings. The molecular formula is C17H18N2O4S. The summed E-state index contributed by atoms with van der Waals surface area (Å²) in [6, 6.07) is 7.86. The van der Waals surface area contributed by atoms with Gasteiger partial charge in [0.05, 0.1) is 0 Å². The number of hydrogen-bond acceptors (Lipinski definition) is 5. The van der Waals surface area contributed by atoms with Crippen molar-refractivity contribution in [2.75, 3.05) is 6.61 Å². The van der Waals surface area contributed by atoms with Crippen molar-refractivity contribution in [3.8, 4) is 5.75 Å². The number of β-lactam (4-membered cyclic amide) rings is 1. The molecule has 0 radical (unpaired) electrons. The minimum Gasteiger partial charge on any atom is -0.487 e. The number of para-hydroxylation sites is 1. The number of aliphatic imine (C=N–C) groups is 1. The van der Waals surface area contributed by atoms with E-state index in [0.717, 1.165) is 5.75 Å². The number of carbonyl (C=O) groups excluding carboxylic acids is 1. The molecule has 3 rings (SSSR count). The molecule has 0 spiro atoms. The Labute approximate surface area is 144 Å². The molecule has 7 heteroatoms. The molecule has 1 amide bonds. The fraction of sp³-hybridized carbons (Fsp3) is 0.353. The molecule has 24 heavy (non-hydrogen) atoms. The normalized spacial score (nSPS) is 23.1. The Morgan fingerprint density at radius 2 is 2.17 bits per heavy atom. The molecule has 2 heterocycles. The Morgan fingerprint density at radius 3 is 2.79 bits per heavy atom. The van der Waals surface area contributed by atoms with Gasteiger partial charge in [0.15, 0.2) is 12.1 Å². The zero-order valence-corrected chi connectivity index (χ0v) is 14.0. The number of carboxylic acid groups (broad SMARTS) is 1. The third kappa shape index (κ3) is 2.91. The largest absolute Gasteiger partial charge is 0.487 e. The maximum atomic E-state index is 12.3. The summed E-state index contributed by atoms with van der Waals surface area (Å²) in [7, 11) is 0. The van der Waals surface area contributed by atoms with Crippen LogP contribution in [0.1, 0.15) is 13.3 Å². The van der Waals surface area contributed by atoms with Crippen LogP contribution in [0.25, 0.3) is 0 Å². The quantitative estimate of drug-likeness (QED) is 0.605. The number of likely N-dealkylation sites (tertiary alicyclic amines) is 1. The van der Waals surface area contributed by atoms with Crippen molar-refractivity contribution in [2.24, 2.45) is 4.99 Å². The second-order valence-electron chi connectivity index (χ2n) is 5.58. The molecule has 1 N–H and O–H groups in total. The highest BCUT2D eigenvalue weighted by atomic mass is 32.2. The Kier molecular flexibility index (Phi) is 4.62. The molecule has 1 aromatic rings. The zero-order chi connectivity index (χ0) is 17.3. The van der Waals surface area contributed by atoms with E-state index in [-0.39, 0.29) is 17.9 Å². The molecule has 1 fully saturated rings. The molecule has 0 bridgehead atoms. The number of rotatable bonds is 7. The number of benzene rings is 1. The predicted molar refractivity (Wildman–Crippen MR) is 92.2 cm³/mol. The first-order valence-corrected chi connectivity index (χ1v) is 8.54. The topological polar surface area (TPSA) is 79.2 Å². The van der Waals surface area contributed by atoms with E-state index >= 15 is 0 Å². The van der Waals surface area contributed by atoms with Crippen molar-refractivity contribution in [2.45, 2.75) is 30.8 Å². The number of aliphatic carboxylic acids is 1. The lowest BCUT2D eigenvalue weighted by Gasteiger charge is -2.44. The molecule has 126 valence electrons. The smallest absolute Gasteiger partial charge is 0.330 e. The van der Waals surface area contributed by atoms with Crippen LogP contribution in [0.2, 0.25) is 0 Å². The summed E-state index contributed by atoms with van der Waals surface area (Å²) in [6.45, 7) is 5.90. The maximum absolute atomic E-state index is 12.3. The minimum absolute atomic E-state index is 0.260. The van der Waals surface area contributed by atoms with Crippen LogP contribution in [0.4, 0.5) is 0 Å². The lowest BCUT2D eigenvalue weighted by molar-refractivity contribution is -0.157.